The SMILES string of the molecule is Cl.Cl.Nc1ccc([N+](=O)[O-])c(N)c1. The lowest BCUT2D eigenvalue weighted by atomic mass is 10.2. The van der Waals surface area contributed by atoms with Crippen LogP contribution in [-0.4, -0.2) is 4.92 Å². The van der Waals surface area contributed by atoms with Crippen LogP contribution in [0.2, 0.25) is 0 Å². The molecule has 0 bridgehead atoms. The predicted molar refractivity (Wildman–Crippen MR) is 56.4 cm³/mol. The van der Waals surface area contributed by atoms with Crippen LogP contribution in [0.1, 0.15) is 0 Å². The summed E-state index contributed by atoms with van der Waals surface area (Å²) >= 11 is 0. The monoisotopic (exact) mass is 225 g/mol. The van der Waals surface area contributed by atoms with Crippen LogP contribution in [0.5, 0.6) is 0 Å². The standard InChI is InChI=1S/C6H7N3O2.2ClH/c7-4-1-2-6(9(10)11)5(8)3-4;;/h1-3H,7-8H2;2*1H. The summed E-state index contributed by atoms with van der Waals surface area (Å²) in [5, 5.41) is 10.2. The zero-order valence-electron chi connectivity index (χ0n) is 6.47. The summed E-state index contributed by atoms with van der Waals surface area (Å²) in [5.41, 5.74) is 11.0. The van der Waals surface area contributed by atoms with Crippen molar-refractivity contribution in [2.45, 2.75) is 0 Å². The Hall–Kier alpha value is -1.20. The fourth-order valence-electron chi connectivity index (χ4n) is 0.739. The van der Waals surface area contributed by atoms with E-state index < -0.39 is 4.92 Å². The fraction of sp³-hybridized carbons (Fsp3) is 0. The molecule has 0 fully saturated rings. The van der Waals surface area contributed by atoms with Crippen molar-refractivity contribution in [3.63, 3.8) is 0 Å². The van der Waals surface area contributed by atoms with Crippen LogP contribution in [0.3, 0.4) is 0 Å². The Morgan fingerprint density at radius 1 is 1.23 bits per heavy atom. The van der Waals surface area contributed by atoms with Crippen LogP contribution in [-0.2, 0) is 0 Å². The van der Waals surface area contributed by atoms with E-state index in [9.17, 15) is 10.1 Å². The topological polar surface area (TPSA) is 95.2 Å². The summed E-state index contributed by atoms with van der Waals surface area (Å²) in [6.07, 6.45) is 0. The van der Waals surface area contributed by atoms with E-state index in [2.05, 4.69) is 0 Å². The lowest BCUT2D eigenvalue weighted by Crippen LogP contribution is -1.96. The molecule has 0 aliphatic rings. The third-order valence-corrected chi connectivity index (χ3v) is 1.25. The number of benzene rings is 1. The van der Waals surface area contributed by atoms with Gasteiger partial charge in [0.05, 0.1) is 4.92 Å². The second-order valence-electron chi connectivity index (χ2n) is 2.08. The molecular weight excluding hydrogens is 217 g/mol. The van der Waals surface area contributed by atoms with Gasteiger partial charge >= 0.3 is 0 Å². The summed E-state index contributed by atoms with van der Waals surface area (Å²) in [7, 11) is 0. The minimum atomic E-state index is -0.547. The Morgan fingerprint density at radius 2 is 1.77 bits per heavy atom. The molecule has 0 aromatic heterocycles. The van der Waals surface area contributed by atoms with E-state index in [0.717, 1.165) is 0 Å². The van der Waals surface area contributed by atoms with E-state index in [1.165, 1.54) is 18.2 Å². The third-order valence-electron chi connectivity index (χ3n) is 1.25. The lowest BCUT2D eigenvalue weighted by Gasteiger charge is -1.96. The van der Waals surface area contributed by atoms with Crippen molar-refractivity contribution < 1.29 is 4.92 Å². The van der Waals surface area contributed by atoms with Crippen molar-refractivity contribution in [1.82, 2.24) is 0 Å². The van der Waals surface area contributed by atoms with Gasteiger partial charge in [-0.15, -0.1) is 24.8 Å². The summed E-state index contributed by atoms with van der Waals surface area (Å²) in [6, 6.07) is 4.08. The number of anilines is 2. The maximum Gasteiger partial charge on any atom is 0.292 e. The normalized spacial score (nSPS) is 8.00. The largest absolute Gasteiger partial charge is 0.399 e. The summed E-state index contributed by atoms with van der Waals surface area (Å²) < 4.78 is 0. The Labute approximate surface area is 87.1 Å². The van der Waals surface area contributed by atoms with E-state index >= 15 is 0 Å². The molecule has 0 atom stereocenters. The summed E-state index contributed by atoms with van der Waals surface area (Å²) in [6.45, 7) is 0. The number of rotatable bonds is 1. The number of nitro benzene ring substituents is 1. The molecule has 0 spiro atoms. The van der Waals surface area contributed by atoms with Gasteiger partial charge < -0.3 is 11.5 Å². The van der Waals surface area contributed by atoms with Crippen molar-refractivity contribution in [1.29, 1.82) is 0 Å². The average molecular weight is 226 g/mol. The van der Waals surface area contributed by atoms with Gasteiger partial charge in [-0.3, -0.25) is 10.1 Å². The average Bonchev–Trinajstić information content (AvgIpc) is 1.85. The molecule has 0 amide bonds. The van der Waals surface area contributed by atoms with E-state index in [1.54, 1.807) is 0 Å². The van der Waals surface area contributed by atoms with Crippen LogP contribution in [0.4, 0.5) is 17.1 Å². The highest BCUT2D eigenvalue weighted by atomic mass is 35.5. The predicted octanol–water partition coefficient (Wildman–Crippen LogP) is 1.60. The van der Waals surface area contributed by atoms with Gasteiger partial charge in [-0.05, 0) is 12.1 Å². The lowest BCUT2D eigenvalue weighted by molar-refractivity contribution is -0.383. The Morgan fingerprint density at radius 3 is 2.15 bits per heavy atom. The molecule has 74 valence electrons. The van der Waals surface area contributed by atoms with Gasteiger partial charge in [0.15, 0.2) is 0 Å². The molecule has 1 aromatic carbocycles. The Kier molecular flexibility index (Phi) is 6.00. The van der Waals surface area contributed by atoms with Crippen LogP contribution >= 0.6 is 24.8 Å². The van der Waals surface area contributed by atoms with Crippen molar-refractivity contribution in [2.24, 2.45) is 0 Å². The molecular formula is C6H9Cl2N3O2. The van der Waals surface area contributed by atoms with Crippen LogP contribution < -0.4 is 11.5 Å². The summed E-state index contributed by atoms with van der Waals surface area (Å²) in [5.74, 6) is 0. The maximum atomic E-state index is 10.2. The molecule has 0 aliphatic heterocycles. The van der Waals surface area contributed by atoms with Gasteiger partial charge in [-0.2, -0.15) is 0 Å². The van der Waals surface area contributed by atoms with Crippen molar-refractivity contribution in [3.05, 3.63) is 28.3 Å². The first kappa shape index (κ1) is 14.3. The molecule has 0 unspecified atom stereocenters. The molecule has 4 N–H and O–H groups in total. The van der Waals surface area contributed by atoms with E-state index in [4.69, 9.17) is 11.5 Å². The highest BCUT2D eigenvalue weighted by molar-refractivity contribution is 5.85. The number of hydrogen-bond acceptors (Lipinski definition) is 4. The molecule has 0 aliphatic carbocycles. The molecule has 0 saturated carbocycles. The van der Waals surface area contributed by atoms with Gasteiger partial charge in [0.25, 0.3) is 5.69 Å². The quantitative estimate of drug-likeness (QED) is 0.431. The smallest absolute Gasteiger partial charge is 0.292 e. The number of nitrogens with zero attached hydrogens (tertiary/aromatic N) is 1. The van der Waals surface area contributed by atoms with Gasteiger partial charge in [0.1, 0.15) is 5.69 Å². The van der Waals surface area contributed by atoms with E-state index in [1.807, 2.05) is 0 Å². The minimum absolute atomic E-state index is 0. The van der Waals surface area contributed by atoms with Gasteiger partial charge in [0.2, 0.25) is 0 Å². The highest BCUT2D eigenvalue weighted by Crippen LogP contribution is 2.22. The molecule has 0 heterocycles. The van der Waals surface area contributed by atoms with Crippen molar-refractivity contribution >= 4 is 41.9 Å². The molecule has 7 heteroatoms. The third kappa shape index (κ3) is 3.35. The second-order valence-corrected chi connectivity index (χ2v) is 2.08. The first-order valence-electron chi connectivity index (χ1n) is 2.90. The highest BCUT2D eigenvalue weighted by Gasteiger charge is 2.09. The number of nitrogens with two attached hydrogens (primary N) is 2. The molecule has 5 nitrogen and oxygen atoms in total. The van der Waals surface area contributed by atoms with Crippen LogP contribution in [0.15, 0.2) is 18.2 Å². The molecule has 1 rings (SSSR count). The Bertz CT molecular complexity index is 306. The minimum Gasteiger partial charge on any atom is -0.399 e. The molecule has 0 radical (unpaired) electrons. The van der Waals surface area contributed by atoms with Crippen molar-refractivity contribution in [2.75, 3.05) is 11.5 Å². The van der Waals surface area contributed by atoms with Gasteiger partial charge in [-0.25, -0.2) is 0 Å². The van der Waals surface area contributed by atoms with E-state index in [0.29, 0.717) is 5.69 Å². The Balaban J connectivity index is 0. The number of hydrogen-bond donors (Lipinski definition) is 2. The zero-order chi connectivity index (χ0) is 8.43. The van der Waals surface area contributed by atoms with Gasteiger partial charge in [-0.1, -0.05) is 0 Å². The van der Waals surface area contributed by atoms with Crippen LogP contribution in [0.25, 0.3) is 0 Å². The molecule has 13 heavy (non-hydrogen) atoms. The van der Waals surface area contributed by atoms with E-state index in [-0.39, 0.29) is 36.2 Å². The second kappa shape index (κ2) is 5.45. The summed E-state index contributed by atoms with van der Waals surface area (Å²) in [4.78, 5) is 9.67. The number of nitro groups is 1. The number of nitrogen functional groups attached to an aromatic ring is 2. The van der Waals surface area contributed by atoms with Crippen molar-refractivity contribution in [3.8, 4) is 0 Å². The molecule has 1 aromatic rings. The maximum absolute atomic E-state index is 10.2. The zero-order valence-corrected chi connectivity index (χ0v) is 8.10. The fourth-order valence-corrected chi connectivity index (χ4v) is 0.739. The first-order valence-corrected chi connectivity index (χ1v) is 2.90. The van der Waals surface area contributed by atoms with Crippen LogP contribution in [0, 0.1) is 10.1 Å². The molecule has 0 saturated heterocycles. The number of halogens is 2. The first-order chi connectivity index (χ1) is 5.11. The van der Waals surface area contributed by atoms with Gasteiger partial charge in [0, 0.05) is 11.8 Å².